The van der Waals surface area contributed by atoms with Crippen LogP contribution < -0.4 is 11.1 Å². The summed E-state index contributed by atoms with van der Waals surface area (Å²) in [5.41, 5.74) is 5.86. The minimum atomic E-state index is -0.555. The molecule has 6 nitrogen and oxygen atoms in total. The Morgan fingerprint density at radius 2 is 2.22 bits per heavy atom. The number of amides is 1. The lowest BCUT2D eigenvalue weighted by Gasteiger charge is -2.18. The molecule has 1 amide bonds. The van der Waals surface area contributed by atoms with Crippen LogP contribution in [0.15, 0.2) is 0 Å². The average Bonchev–Trinajstić information content (AvgIpc) is 2.55. The van der Waals surface area contributed by atoms with Crippen molar-refractivity contribution in [2.45, 2.75) is 39.3 Å². The van der Waals surface area contributed by atoms with Crippen molar-refractivity contribution in [2.75, 3.05) is 11.9 Å². The summed E-state index contributed by atoms with van der Waals surface area (Å²) in [5, 5.41) is 12.0. The van der Waals surface area contributed by atoms with E-state index >= 15 is 0 Å². The molecule has 4 N–H and O–H groups in total. The molecule has 102 valence electrons. The van der Waals surface area contributed by atoms with E-state index in [2.05, 4.69) is 10.3 Å². The second kappa shape index (κ2) is 5.64. The number of nitrogens with one attached hydrogen (secondary N) is 1. The Kier molecular flexibility index (Phi) is 4.66. The van der Waals surface area contributed by atoms with E-state index in [-0.39, 0.29) is 6.61 Å². The van der Waals surface area contributed by atoms with Crippen LogP contribution in [0.5, 0.6) is 0 Å². The number of hydrogen-bond donors (Lipinski definition) is 3. The average molecular weight is 273 g/mol. The minimum Gasteiger partial charge on any atom is -0.444 e. The van der Waals surface area contributed by atoms with Gasteiger partial charge in [0.15, 0.2) is 5.13 Å². The van der Waals surface area contributed by atoms with Crippen molar-refractivity contribution < 1.29 is 14.6 Å². The van der Waals surface area contributed by atoms with Crippen molar-refractivity contribution in [3.05, 3.63) is 10.6 Å². The fourth-order valence-electron chi connectivity index (χ4n) is 1.28. The molecule has 0 aliphatic rings. The van der Waals surface area contributed by atoms with E-state index in [1.807, 2.05) is 0 Å². The molecule has 7 heteroatoms. The van der Waals surface area contributed by atoms with Gasteiger partial charge in [0.1, 0.15) is 5.60 Å². The maximum atomic E-state index is 11.5. The topological polar surface area (TPSA) is 97.5 Å². The third-order valence-corrected chi connectivity index (χ3v) is 3.18. The van der Waals surface area contributed by atoms with Gasteiger partial charge in [0.25, 0.3) is 0 Å². The molecule has 0 fully saturated rings. The molecular formula is C11H19N3O3S. The quantitative estimate of drug-likeness (QED) is 0.780. The van der Waals surface area contributed by atoms with Gasteiger partial charge in [-0.1, -0.05) is 11.3 Å². The van der Waals surface area contributed by atoms with E-state index < -0.39 is 17.7 Å². The molecule has 1 aromatic heterocycles. The van der Waals surface area contributed by atoms with Gasteiger partial charge in [0.2, 0.25) is 0 Å². The summed E-state index contributed by atoms with van der Waals surface area (Å²) >= 11 is 1.24. The van der Waals surface area contributed by atoms with Crippen molar-refractivity contribution in [2.24, 2.45) is 5.73 Å². The highest BCUT2D eigenvalue weighted by atomic mass is 32.1. The standard InChI is InChI=1S/C11H19N3O3S/c1-6-8(7(12)5-15)18-9(13-6)14-10(16)17-11(2,3)4/h7,15H,5,12H2,1-4H3,(H,13,14,16)/t7-/m0/s1. The van der Waals surface area contributed by atoms with E-state index in [0.29, 0.717) is 10.8 Å². The number of nitrogens with zero attached hydrogens (tertiary/aromatic N) is 1. The number of thiazole rings is 1. The van der Waals surface area contributed by atoms with Gasteiger partial charge in [0.05, 0.1) is 18.3 Å². The molecule has 0 unspecified atom stereocenters. The molecule has 1 aromatic rings. The van der Waals surface area contributed by atoms with Crippen LogP contribution in [0.3, 0.4) is 0 Å². The first-order valence-electron chi connectivity index (χ1n) is 5.56. The van der Waals surface area contributed by atoms with Crippen molar-refractivity contribution in [3.8, 4) is 0 Å². The van der Waals surface area contributed by atoms with E-state index in [1.54, 1.807) is 27.7 Å². The third kappa shape index (κ3) is 4.25. The molecule has 0 radical (unpaired) electrons. The summed E-state index contributed by atoms with van der Waals surface area (Å²) < 4.78 is 5.11. The normalized spacial score (nSPS) is 13.2. The predicted octanol–water partition coefficient (Wildman–Crippen LogP) is 1.79. The zero-order valence-corrected chi connectivity index (χ0v) is 11.8. The zero-order chi connectivity index (χ0) is 13.9. The van der Waals surface area contributed by atoms with Crippen LogP contribution in [0, 0.1) is 6.92 Å². The lowest BCUT2D eigenvalue weighted by Crippen LogP contribution is -2.27. The molecule has 0 saturated carbocycles. The number of ether oxygens (including phenoxy) is 1. The Balaban J connectivity index is 2.72. The molecule has 0 aromatic carbocycles. The highest BCUT2D eigenvalue weighted by molar-refractivity contribution is 7.16. The van der Waals surface area contributed by atoms with Gasteiger partial charge in [-0.3, -0.25) is 5.32 Å². The largest absolute Gasteiger partial charge is 0.444 e. The SMILES string of the molecule is Cc1nc(NC(=O)OC(C)(C)C)sc1[C@@H](N)CO. The monoisotopic (exact) mass is 273 g/mol. The number of aliphatic hydroxyl groups excluding tert-OH is 1. The van der Waals surface area contributed by atoms with E-state index in [4.69, 9.17) is 15.6 Å². The molecular weight excluding hydrogens is 254 g/mol. The first-order valence-corrected chi connectivity index (χ1v) is 6.38. The number of aryl methyl sites for hydroxylation is 1. The Bertz CT molecular complexity index is 426. The maximum Gasteiger partial charge on any atom is 0.413 e. The molecule has 0 aliphatic heterocycles. The molecule has 0 aliphatic carbocycles. The minimum absolute atomic E-state index is 0.158. The molecule has 1 atom stereocenters. The molecule has 0 saturated heterocycles. The lowest BCUT2D eigenvalue weighted by atomic mass is 10.2. The van der Waals surface area contributed by atoms with Crippen molar-refractivity contribution in [3.63, 3.8) is 0 Å². The smallest absolute Gasteiger partial charge is 0.413 e. The van der Waals surface area contributed by atoms with Gasteiger partial charge in [-0.2, -0.15) is 0 Å². The third-order valence-electron chi connectivity index (χ3n) is 1.97. The van der Waals surface area contributed by atoms with Gasteiger partial charge in [0, 0.05) is 4.88 Å². The fraction of sp³-hybridized carbons (Fsp3) is 0.636. The number of carbonyl (C=O) groups is 1. The van der Waals surface area contributed by atoms with Crippen LogP contribution in [0.1, 0.15) is 37.4 Å². The number of anilines is 1. The van der Waals surface area contributed by atoms with Crippen molar-refractivity contribution in [1.29, 1.82) is 0 Å². The number of carbonyl (C=O) groups excluding carboxylic acids is 1. The Labute approximate surface area is 110 Å². The van der Waals surface area contributed by atoms with Crippen LogP contribution >= 0.6 is 11.3 Å². The fourth-order valence-corrected chi connectivity index (χ4v) is 2.22. The number of nitrogens with two attached hydrogens (primary N) is 1. The highest BCUT2D eigenvalue weighted by Gasteiger charge is 2.19. The molecule has 0 bridgehead atoms. The second-order valence-electron chi connectivity index (χ2n) is 4.88. The van der Waals surface area contributed by atoms with Crippen LogP contribution in [0.4, 0.5) is 9.93 Å². The Hall–Kier alpha value is -1.18. The van der Waals surface area contributed by atoms with Gasteiger partial charge in [-0.15, -0.1) is 0 Å². The molecule has 0 spiro atoms. The number of hydrogen-bond acceptors (Lipinski definition) is 6. The van der Waals surface area contributed by atoms with Gasteiger partial charge >= 0.3 is 6.09 Å². The summed E-state index contributed by atoms with van der Waals surface area (Å²) in [5.74, 6) is 0. The first-order chi connectivity index (χ1) is 8.23. The summed E-state index contributed by atoms with van der Waals surface area (Å²) in [7, 11) is 0. The van der Waals surface area contributed by atoms with E-state index in [9.17, 15) is 4.79 Å². The number of rotatable bonds is 3. The molecule has 1 rings (SSSR count). The van der Waals surface area contributed by atoms with Crippen molar-refractivity contribution in [1.82, 2.24) is 4.98 Å². The highest BCUT2D eigenvalue weighted by Crippen LogP contribution is 2.27. The summed E-state index contributed by atoms with van der Waals surface area (Å²) in [6, 6.07) is -0.475. The summed E-state index contributed by atoms with van der Waals surface area (Å²) in [6.45, 7) is 6.98. The molecule has 18 heavy (non-hydrogen) atoms. The van der Waals surface area contributed by atoms with Crippen LogP contribution in [0.2, 0.25) is 0 Å². The predicted molar refractivity (Wildman–Crippen MR) is 70.7 cm³/mol. The van der Waals surface area contributed by atoms with Gasteiger partial charge < -0.3 is 15.6 Å². The van der Waals surface area contributed by atoms with Crippen molar-refractivity contribution >= 4 is 22.6 Å². The number of aromatic nitrogens is 1. The van der Waals surface area contributed by atoms with Gasteiger partial charge in [-0.05, 0) is 27.7 Å². The summed E-state index contributed by atoms with van der Waals surface area (Å²) in [6.07, 6.45) is -0.555. The first kappa shape index (κ1) is 14.9. The van der Waals surface area contributed by atoms with E-state index in [1.165, 1.54) is 11.3 Å². The Morgan fingerprint density at radius 1 is 1.61 bits per heavy atom. The zero-order valence-electron chi connectivity index (χ0n) is 11.0. The molecule has 1 heterocycles. The van der Waals surface area contributed by atoms with E-state index in [0.717, 1.165) is 4.88 Å². The van der Waals surface area contributed by atoms with Gasteiger partial charge in [-0.25, -0.2) is 9.78 Å². The van der Waals surface area contributed by atoms with Crippen LogP contribution in [0.25, 0.3) is 0 Å². The second-order valence-corrected chi connectivity index (χ2v) is 5.92. The van der Waals surface area contributed by atoms with Crippen LogP contribution in [-0.2, 0) is 4.74 Å². The number of aliphatic hydroxyl groups is 1. The van der Waals surface area contributed by atoms with Crippen LogP contribution in [-0.4, -0.2) is 28.4 Å². The summed E-state index contributed by atoms with van der Waals surface area (Å²) in [4.78, 5) is 16.5. The Morgan fingerprint density at radius 3 is 2.72 bits per heavy atom. The lowest BCUT2D eigenvalue weighted by molar-refractivity contribution is 0.0636. The maximum absolute atomic E-state index is 11.5.